The van der Waals surface area contributed by atoms with Crippen LogP contribution in [0.1, 0.15) is 37.1 Å². The third-order valence-corrected chi connectivity index (χ3v) is 8.31. The largest absolute Gasteiger partial charge is 0.508 e. The van der Waals surface area contributed by atoms with Gasteiger partial charge >= 0.3 is 5.97 Å². The van der Waals surface area contributed by atoms with Gasteiger partial charge in [-0.25, -0.2) is 14.8 Å². The number of carbonyl (C=O) groups excluding carboxylic acids is 1. The smallest absolute Gasteiger partial charge is 0.338 e. The summed E-state index contributed by atoms with van der Waals surface area (Å²) in [4.78, 5) is 27.2. The summed E-state index contributed by atoms with van der Waals surface area (Å²) in [5.74, 6) is 1.25. The third kappa shape index (κ3) is 4.57. The lowest BCUT2D eigenvalue weighted by Crippen LogP contribution is -2.51. The summed E-state index contributed by atoms with van der Waals surface area (Å²) in [6, 6.07) is 22.2. The number of esters is 1. The predicted molar refractivity (Wildman–Crippen MR) is 165 cm³/mol. The number of rotatable bonds is 7. The summed E-state index contributed by atoms with van der Waals surface area (Å²) in [5, 5.41) is 11.6. The molecule has 0 saturated heterocycles. The average Bonchev–Trinajstić information content (AvgIpc) is 3.47. The lowest BCUT2D eigenvalue weighted by molar-refractivity contribution is -0.139. The molecule has 1 aliphatic rings. The highest BCUT2D eigenvalue weighted by atomic mass is 32.1. The number of thiocarbonyl (C=S) groups is 1. The van der Waals surface area contributed by atoms with E-state index in [1.165, 1.54) is 0 Å². The molecule has 1 N–H and O–H groups in total. The quantitative estimate of drug-likeness (QED) is 0.191. The van der Waals surface area contributed by atoms with E-state index in [1.807, 2.05) is 91.2 Å². The van der Waals surface area contributed by atoms with Crippen LogP contribution in [-0.4, -0.2) is 51.7 Å². The number of hydrogen-bond donors (Lipinski definition) is 1. The van der Waals surface area contributed by atoms with Crippen LogP contribution in [0.15, 0.2) is 84.1 Å². The van der Waals surface area contributed by atoms with Crippen molar-refractivity contribution < 1.29 is 14.6 Å². The van der Waals surface area contributed by atoms with Crippen molar-refractivity contribution in [1.82, 2.24) is 28.9 Å². The maximum absolute atomic E-state index is 13.8. The normalized spacial score (nSPS) is 15.7. The van der Waals surface area contributed by atoms with E-state index < -0.39 is 12.0 Å². The monoisotopic (exact) mass is 580 g/mol. The summed E-state index contributed by atoms with van der Waals surface area (Å²) in [7, 11) is 0. The van der Waals surface area contributed by atoms with Gasteiger partial charge in [0.1, 0.15) is 24.1 Å². The van der Waals surface area contributed by atoms with Gasteiger partial charge in [-0.3, -0.25) is 0 Å². The molecule has 3 heterocycles. The van der Waals surface area contributed by atoms with E-state index in [0.717, 1.165) is 33.7 Å². The summed E-state index contributed by atoms with van der Waals surface area (Å²) in [6.45, 7) is 8.43. The van der Waals surface area contributed by atoms with Crippen molar-refractivity contribution in [2.45, 2.75) is 47.1 Å². The molecule has 1 aliphatic heterocycles. The number of aryl methyl sites for hydroxylation is 2. The number of imidazole rings is 2. The van der Waals surface area contributed by atoms with E-state index in [0.29, 0.717) is 35.3 Å². The zero-order chi connectivity index (χ0) is 29.5. The van der Waals surface area contributed by atoms with Crippen LogP contribution in [-0.2, 0) is 22.9 Å². The first kappa shape index (κ1) is 27.5. The standard InChI is InChI=1S/C32H32N6O3S/c1-5-41-31(40)29-20(2)35(18-36-21(3)33-24-13-7-9-15-26(24)36)32(42)38(30(29)23-12-6-11-17-28(23)39)19-37-22(4)34-25-14-8-10-16-27(25)37/h6-17,30,39H,5,18-19H2,1-4H3. The fourth-order valence-electron chi connectivity index (χ4n) is 5.77. The first-order valence-corrected chi connectivity index (χ1v) is 14.3. The van der Waals surface area contributed by atoms with Crippen LogP contribution in [0.5, 0.6) is 5.75 Å². The van der Waals surface area contributed by atoms with Gasteiger partial charge in [-0.1, -0.05) is 42.5 Å². The maximum atomic E-state index is 13.8. The molecule has 2 aromatic heterocycles. The zero-order valence-electron chi connectivity index (χ0n) is 24.0. The van der Waals surface area contributed by atoms with Gasteiger partial charge in [0.05, 0.1) is 47.0 Å². The minimum atomic E-state index is -0.699. The van der Waals surface area contributed by atoms with Crippen LogP contribution in [0.25, 0.3) is 22.1 Å². The van der Waals surface area contributed by atoms with Crippen molar-refractivity contribution in [1.29, 1.82) is 0 Å². The third-order valence-electron chi connectivity index (χ3n) is 7.85. The van der Waals surface area contributed by atoms with Gasteiger partial charge in [0.15, 0.2) is 5.11 Å². The molecule has 42 heavy (non-hydrogen) atoms. The number of benzene rings is 3. The minimum Gasteiger partial charge on any atom is -0.508 e. The zero-order valence-corrected chi connectivity index (χ0v) is 24.8. The van der Waals surface area contributed by atoms with E-state index in [2.05, 4.69) is 9.13 Å². The Hall–Kier alpha value is -4.70. The molecule has 0 radical (unpaired) electrons. The van der Waals surface area contributed by atoms with E-state index in [4.69, 9.17) is 26.9 Å². The van der Waals surface area contributed by atoms with Crippen molar-refractivity contribution in [3.8, 4) is 5.75 Å². The highest BCUT2D eigenvalue weighted by Crippen LogP contribution is 2.42. The summed E-state index contributed by atoms with van der Waals surface area (Å²) in [6.07, 6.45) is 0. The van der Waals surface area contributed by atoms with E-state index in [9.17, 15) is 9.90 Å². The van der Waals surface area contributed by atoms with Crippen LogP contribution in [0, 0.1) is 13.8 Å². The van der Waals surface area contributed by atoms with Crippen molar-refractivity contribution in [3.05, 3.63) is 101 Å². The van der Waals surface area contributed by atoms with Crippen LogP contribution < -0.4 is 0 Å². The van der Waals surface area contributed by atoms with Gasteiger partial charge in [-0.05, 0) is 70.2 Å². The van der Waals surface area contributed by atoms with E-state index in [-0.39, 0.29) is 12.4 Å². The van der Waals surface area contributed by atoms with Crippen molar-refractivity contribution >= 4 is 45.4 Å². The average molecular weight is 581 g/mol. The first-order chi connectivity index (χ1) is 20.3. The molecular weight excluding hydrogens is 548 g/mol. The number of phenols is 1. The van der Waals surface area contributed by atoms with Gasteiger partial charge in [0, 0.05) is 11.3 Å². The number of fused-ring (bicyclic) bond motifs is 2. The molecule has 9 nitrogen and oxygen atoms in total. The van der Waals surface area contributed by atoms with Crippen LogP contribution in [0.2, 0.25) is 0 Å². The number of allylic oxidation sites excluding steroid dienone is 1. The Morgan fingerprint density at radius 2 is 1.40 bits per heavy atom. The molecule has 5 aromatic rings. The number of hydrogen-bond acceptors (Lipinski definition) is 6. The van der Waals surface area contributed by atoms with E-state index in [1.54, 1.807) is 19.1 Å². The van der Waals surface area contributed by atoms with Gasteiger partial charge in [0.2, 0.25) is 0 Å². The number of phenolic OH excluding ortho intramolecular Hbond substituents is 1. The minimum absolute atomic E-state index is 0.0713. The Bertz CT molecular complexity index is 1870. The molecule has 0 fully saturated rings. The predicted octanol–water partition coefficient (Wildman–Crippen LogP) is 5.80. The second kappa shape index (κ2) is 10.9. The second-order valence-electron chi connectivity index (χ2n) is 10.3. The number of nitrogens with zero attached hydrogens (tertiary/aromatic N) is 6. The fourth-order valence-corrected chi connectivity index (χ4v) is 6.13. The highest BCUT2D eigenvalue weighted by Gasteiger charge is 2.42. The summed E-state index contributed by atoms with van der Waals surface area (Å²) >= 11 is 6.24. The molecule has 10 heteroatoms. The topological polar surface area (TPSA) is 88.7 Å². The highest BCUT2D eigenvalue weighted by molar-refractivity contribution is 7.80. The molecule has 214 valence electrons. The van der Waals surface area contributed by atoms with Gasteiger partial charge in [0.25, 0.3) is 0 Å². The van der Waals surface area contributed by atoms with Crippen LogP contribution in [0.4, 0.5) is 0 Å². The van der Waals surface area contributed by atoms with E-state index >= 15 is 0 Å². The Labute approximate surface area is 249 Å². The molecule has 0 amide bonds. The Morgan fingerprint density at radius 1 is 0.857 bits per heavy atom. The first-order valence-electron chi connectivity index (χ1n) is 13.9. The molecule has 1 unspecified atom stereocenters. The number of carbonyl (C=O) groups is 1. The van der Waals surface area contributed by atoms with Crippen LogP contribution >= 0.6 is 12.2 Å². The maximum Gasteiger partial charge on any atom is 0.338 e. The molecule has 0 aliphatic carbocycles. The van der Waals surface area contributed by atoms with Gasteiger partial charge in [-0.15, -0.1) is 0 Å². The molecule has 0 saturated carbocycles. The summed E-state index contributed by atoms with van der Waals surface area (Å²) < 4.78 is 9.79. The van der Waals surface area contributed by atoms with Gasteiger partial charge in [-0.2, -0.15) is 0 Å². The molecule has 1 atom stereocenters. The van der Waals surface area contributed by atoms with Crippen molar-refractivity contribution in [2.24, 2.45) is 0 Å². The fraction of sp³-hybridized carbons (Fsp3) is 0.250. The SMILES string of the molecule is CCOC(=O)C1=C(C)N(Cn2c(C)nc3ccccc32)C(=S)N(Cn2c(C)nc3ccccc32)C1c1ccccc1O. The number of para-hydroxylation sites is 5. The Kier molecular flexibility index (Phi) is 7.16. The number of ether oxygens (including phenoxy) is 1. The van der Waals surface area contributed by atoms with Crippen molar-refractivity contribution in [3.63, 3.8) is 0 Å². The van der Waals surface area contributed by atoms with Crippen LogP contribution in [0.3, 0.4) is 0 Å². The Balaban J connectivity index is 1.55. The number of aromatic hydroxyl groups is 1. The van der Waals surface area contributed by atoms with Gasteiger partial charge < -0.3 is 28.8 Å². The van der Waals surface area contributed by atoms with Crippen molar-refractivity contribution in [2.75, 3.05) is 6.61 Å². The molecule has 3 aromatic carbocycles. The molecule has 6 rings (SSSR count). The Morgan fingerprint density at radius 3 is 2.00 bits per heavy atom. The second-order valence-corrected chi connectivity index (χ2v) is 10.7. The molecule has 0 bridgehead atoms. The lowest BCUT2D eigenvalue weighted by Gasteiger charge is -2.45. The summed E-state index contributed by atoms with van der Waals surface area (Å²) in [5.41, 5.74) is 5.30. The molecule has 0 spiro atoms. The number of aromatic nitrogens is 4. The lowest BCUT2D eigenvalue weighted by atomic mass is 9.93. The molecular formula is C32H32N6O3S.